The maximum atomic E-state index is 10.9. The molecule has 0 bridgehead atoms. The lowest BCUT2D eigenvalue weighted by molar-refractivity contribution is -0.0744. The second kappa shape index (κ2) is 9.58. The van der Waals surface area contributed by atoms with Crippen molar-refractivity contribution in [3.05, 3.63) is 11.6 Å². The first-order valence-electron chi connectivity index (χ1n) is 14.4. The third kappa shape index (κ3) is 4.73. The smallest absolute Gasteiger partial charge is 0.0691 e. The second-order valence-electron chi connectivity index (χ2n) is 13.0. The van der Waals surface area contributed by atoms with Crippen LogP contribution in [0.3, 0.4) is 0 Å². The number of hydrogen-bond acceptors (Lipinski definition) is 3. The van der Waals surface area contributed by atoms with Crippen LogP contribution in [-0.4, -0.2) is 34.6 Å². The van der Waals surface area contributed by atoms with Gasteiger partial charge in [-0.15, -0.1) is 0 Å². The average Bonchev–Trinajstić information content (AvgIpc) is 3.12. The van der Waals surface area contributed by atoms with E-state index in [1.165, 1.54) is 51.4 Å². The van der Waals surface area contributed by atoms with Crippen LogP contribution in [0, 0.1) is 34.5 Å². The maximum absolute atomic E-state index is 10.9. The third-order valence-corrected chi connectivity index (χ3v) is 11.2. The highest BCUT2D eigenvalue weighted by molar-refractivity contribution is 5.26. The van der Waals surface area contributed by atoms with Crippen molar-refractivity contribution >= 4 is 0 Å². The van der Waals surface area contributed by atoms with Gasteiger partial charge in [0, 0.05) is 13.2 Å². The number of hydrogen-bond donors (Lipinski definition) is 2. The minimum absolute atomic E-state index is 0.330. The van der Waals surface area contributed by atoms with Crippen LogP contribution in [0.2, 0.25) is 0 Å². The Labute approximate surface area is 203 Å². The lowest BCUT2D eigenvalue weighted by Gasteiger charge is -2.59. The van der Waals surface area contributed by atoms with E-state index in [0.717, 1.165) is 69.0 Å². The molecule has 2 N–H and O–H groups in total. The molecular formula is C30H52O3. The third-order valence-electron chi connectivity index (χ3n) is 11.2. The summed E-state index contributed by atoms with van der Waals surface area (Å²) in [5, 5.41) is 21.5. The van der Waals surface area contributed by atoms with E-state index in [1.54, 1.807) is 5.57 Å². The first-order valence-corrected chi connectivity index (χ1v) is 14.4. The molecule has 1 saturated heterocycles. The van der Waals surface area contributed by atoms with Crippen LogP contribution in [0.15, 0.2) is 11.6 Å². The molecule has 7 atom stereocenters. The van der Waals surface area contributed by atoms with Gasteiger partial charge in [0.2, 0.25) is 0 Å². The fraction of sp³-hybridized carbons (Fsp3) is 0.933. The van der Waals surface area contributed by atoms with Gasteiger partial charge in [-0.05, 0) is 118 Å². The summed E-state index contributed by atoms with van der Waals surface area (Å²) in [6, 6.07) is 0. The normalized spacial score (nSPS) is 46.2. The van der Waals surface area contributed by atoms with Crippen molar-refractivity contribution in [2.24, 2.45) is 34.5 Å². The molecule has 0 aromatic carbocycles. The lowest BCUT2D eigenvalue weighted by atomic mass is 9.46. The van der Waals surface area contributed by atoms with Gasteiger partial charge < -0.3 is 14.9 Å². The minimum Gasteiger partial charge on any atom is -0.390 e. The van der Waals surface area contributed by atoms with Crippen LogP contribution in [0.1, 0.15) is 118 Å². The highest BCUT2D eigenvalue weighted by Crippen LogP contribution is 2.67. The van der Waals surface area contributed by atoms with Gasteiger partial charge in [-0.3, -0.25) is 0 Å². The number of rotatable bonds is 4. The Morgan fingerprint density at radius 1 is 0.909 bits per heavy atom. The highest BCUT2D eigenvalue weighted by atomic mass is 16.5. The maximum Gasteiger partial charge on any atom is 0.0691 e. The predicted molar refractivity (Wildman–Crippen MR) is 136 cm³/mol. The molecule has 33 heavy (non-hydrogen) atoms. The number of ether oxygens (including phenoxy) is 1. The Balaban J connectivity index is 0.00000126. The molecule has 190 valence electrons. The van der Waals surface area contributed by atoms with E-state index in [9.17, 15) is 10.2 Å². The van der Waals surface area contributed by atoms with E-state index in [2.05, 4.69) is 19.9 Å². The first kappa shape index (κ1) is 25.7. The van der Waals surface area contributed by atoms with Crippen LogP contribution in [0.25, 0.3) is 0 Å². The van der Waals surface area contributed by atoms with Gasteiger partial charge >= 0.3 is 0 Å². The van der Waals surface area contributed by atoms with Gasteiger partial charge in [0.1, 0.15) is 0 Å². The van der Waals surface area contributed by atoms with E-state index in [0.29, 0.717) is 10.8 Å². The quantitative estimate of drug-likeness (QED) is 0.442. The van der Waals surface area contributed by atoms with Gasteiger partial charge in [0.15, 0.2) is 0 Å². The monoisotopic (exact) mass is 460 g/mol. The summed E-state index contributed by atoms with van der Waals surface area (Å²) in [6.45, 7) is 12.7. The van der Waals surface area contributed by atoms with Gasteiger partial charge in [0.05, 0.1) is 11.2 Å². The van der Waals surface area contributed by atoms with Crippen molar-refractivity contribution in [3.8, 4) is 0 Å². The largest absolute Gasteiger partial charge is 0.390 e. The van der Waals surface area contributed by atoms with Crippen molar-refractivity contribution in [1.29, 1.82) is 0 Å². The molecule has 4 aliphatic carbocycles. The van der Waals surface area contributed by atoms with Gasteiger partial charge in [0.25, 0.3) is 0 Å². The topological polar surface area (TPSA) is 49.7 Å². The lowest BCUT2D eigenvalue weighted by Crippen LogP contribution is -2.51. The standard InChI is InChI=1S/C28H46O3.C2H6/c1-25(29)13-14-27(3)21(19-25)6-8-22-23-9-7-20(26(23,2)12-10-24(22)27)5-4-11-28(30)15-17-31-18-16-28;1-2/h6,20,22-24,29-30H,4-5,7-19H2,1-3H3;1-2H3/t20-,22-,23?,24?,25-,26+,27?;/m0./s1. The summed E-state index contributed by atoms with van der Waals surface area (Å²) >= 11 is 0. The summed E-state index contributed by atoms with van der Waals surface area (Å²) in [5.41, 5.74) is 1.45. The molecular weight excluding hydrogens is 408 g/mol. The SMILES string of the molecule is CC.CC12CC[C@](C)(O)CC1=CC[C@@H]1C2CC[C@@]2(C)C1CC[C@@H]2CCCC1(O)CCOCC1. The number of fused-ring (bicyclic) bond motifs is 5. The first-order chi connectivity index (χ1) is 15.7. The van der Waals surface area contributed by atoms with Crippen LogP contribution >= 0.6 is 0 Å². The highest BCUT2D eigenvalue weighted by Gasteiger charge is 2.58. The van der Waals surface area contributed by atoms with Gasteiger partial charge in [-0.1, -0.05) is 45.8 Å². The summed E-state index contributed by atoms with van der Waals surface area (Å²) in [5.74, 6) is 3.38. The van der Waals surface area contributed by atoms with E-state index in [1.807, 2.05) is 20.8 Å². The van der Waals surface area contributed by atoms with Crippen LogP contribution in [-0.2, 0) is 4.74 Å². The van der Waals surface area contributed by atoms with Crippen LogP contribution < -0.4 is 0 Å². The Bertz CT molecular complexity index is 705. The van der Waals surface area contributed by atoms with Crippen molar-refractivity contribution in [1.82, 2.24) is 0 Å². The molecule has 3 saturated carbocycles. The molecule has 0 radical (unpaired) electrons. The van der Waals surface area contributed by atoms with E-state index >= 15 is 0 Å². The Hall–Kier alpha value is -0.380. The molecule has 0 aromatic heterocycles. The van der Waals surface area contributed by atoms with Crippen molar-refractivity contribution < 1.29 is 14.9 Å². The summed E-state index contributed by atoms with van der Waals surface area (Å²) < 4.78 is 5.46. The molecule has 1 aliphatic heterocycles. The predicted octanol–water partition coefficient (Wildman–Crippen LogP) is 7.05. The average molecular weight is 461 g/mol. The second-order valence-corrected chi connectivity index (χ2v) is 13.0. The molecule has 3 unspecified atom stereocenters. The fourth-order valence-electron chi connectivity index (χ4n) is 9.07. The number of allylic oxidation sites excluding steroid dienone is 1. The Morgan fingerprint density at radius 3 is 2.36 bits per heavy atom. The van der Waals surface area contributed by atoms with Crippen molar-refractivity contribution in [2.75, 3.05) is 13.2 Å². The molecule has 0 spiro atoms. The van der Waals surface area contributed by atoms with E-state index < -0.39 is 11.2 Å². The fourth-order valence-corrected chi connectivity index (χ4v) is 9.07. The van der Waals surface area contributed by atoms with Crippen molar-refractivity contribution in [2.45, 2.75) is 129 Å². The zero-order chi connectivity index (χ0) is 23.9. The molecule has 5 aliphatic rings. The Morgan fingerprint density at radius 2 is 1.64 bits per heavy atom. The summed E-state index contributed by atoms with van der Waals surface area (Å²) in [4.78, 5) is 0. The zero-order valence-corrected chi connectivity index (χ0v) is 22.3. The molecule has 5 rings (SSSR count). The summed E-state index contributed by atoms with van der Waals surface area (Å²) in [6.07, 6.45) is 17.5. The van der Waals surface area contributed by atoms with Crippen LogP contribution in [0.4, 0.5) is 0 Å². The molecule has 3 heteroatoms. The molecule has 4 fully saturated rings. The molecule has 0 amide bonds. The van der Waals surface area contributed by atoms with E-state index in [-0.39, 0.29) is 0 Å². The molecule has 1 heterocycles. The van der Waals surface area contributed by atoms with Gasteiger partial charge in [-0.25, -0.2) is 0 Å². The molecule has 3 nitrogen and oxygen atoms in total. The zero-order valence-electron chi connectivity index (χ0n) is 22.3. The molecule has 0 aromatic rings. The Kier molecular flexibility index (Phi) is 7.46. The van der Waals surface area contributed by atoms with Gasteiger partial charge in [-0.2, -0.15) is 0 Å². The van der Waals surface area contributed by atoms with E-state index in [4.69, 9.17) is 4.74 Å². The van der Waals surface area contributed by atoms with Crippen LogP contribution in [0.5, 0.6) is 0 Å². The number of aliphatic hydroxyl groups is 2. The van der Waals surface area contributed by atoms with Crippen molar-refractivity contribution in [3.63, 3.8) is 0 Å². The minimum atomic E-state index is -0.492. The summed E-state index contributed by atoms with van der Waals surface area (Å²) in [7, 11) is 0.